The van der Waals surface area contributed by atoms with Crippen molar-refractivity contribution in [2.45, 2.75) is 47.1 Å². The average Bonchev–Trinajstić information content (AvgIpc) is 2.46. The van der Waals surface area contributed by atoms with Crippen LogP contribution in [0.5, 0.6) is 0 Å². The second-order valence-electron chi connectivity index (χ2n) is 5.58. The molecule has 0 aromatic heterocycles. The first-order chi connectivity index (χ1) is 6.44. The Morgan fingerprint density at radius 3 is 1.93 bits per heavy atom. The maximum atomic E-state index is 3.63. The van der Waals surface area contributed by atoms with Crippen LogP contribution < -0.4 is 10.6 Å². The first-order valence-corrected chi connectivity index (χ1v) is 5.88. The van der Waals surface area contributed by atoms with E-state index in [4.69, 9.17) is 0 Å². The molecule has 0 aromatic rings. The third-order valence-electron chi connectivity index (χ3n) is 4.10. The van der Waals surface area contributed by atoms with Gasteiger partial charge in [0.1, 0.15) is 0 Å². The lowest BCUT2D eigenvalue weighted by molar-refractivity contribution is 0.457. The first-order valence-electron chi connectivity index (χ1n) is 5.88. The summed E-state index contributed by atoms with van der Waals surface area (Å²) in [5.41, 5.74) is 0.940. The Morgan fingerprint density at radius 1 is 0.929 bits per heavy atom. The van der Waals surface area contributed by atoms with Crippen LogP contribution in [0.3, 0.4) is 0 Å². The average molecular weight is 198 g/mol. The van der Waals surface area contributed by atoms with E-state index in [0.717, 1.165) is 19.6 Å². The Balaban J connectivity index is 2.10. The molecule has 1 saturated carbocycles. The fraction of sp³-hybridized carbons (Fsp3) is 1.00. The van der Waals surface area contributed by atoms with Crippen LogP contribution in [0.25, 0.3) is 0 Å². The largest absolute Gasteiger partial charge is 0.315 e. The van der Waals surface area contributed by atoms with Crippen molar-refractivity contribution in [1.82, 2.24) is 10.6 Å². The molecule has 2 N–H and O–H groups in total. The molecule has 0 aliphatic heterocycles. The van der Waals surface area contributed by atoms with E-state index in [1.54, 1.807) is 0 Å². The molecule has 0 saturated heterocycles. The van der Waals surface area contributed by atoms with Crippen molar-refractivity contribution in [1.29, 1.82) is 0 Å². The second kappa shape index (κ2) is 4.19. The summed E-state index contributed by atoms with van der Waals surface area (Å²) in [6.07, 6.45) is 1.22. The van der Waals surface area contributed by atoms with Crippen LogP contribution in [0.1, 0.15) is 41.0 Å². The van der Waals surface area contributed by atoms with Gasteiger partial charge in [-0.1, -0.05) is 34.6 Å². The van der Waals surface area contributed by atoms with Crippen LogP contribution in [0.4, 0.5) is 0 Å². The lowest BCUT2D eigenvalue weighted by Gasteiger charge is -2.06. The molecule has 2 nitrogen and oxygen atoms in total. The Hall–Kier alpha value is -0.0800. The van der Waals surface area contributed by atoms with Crippen LogP contribution in [0.15, 0.2) is 0 Å². The van der Waals surface area contributed by atoms with Crippen molar-refractivity contribution >= 4 is 0 Å². The van der Waals surface area contributed by atoms with Gasteiger partial charge >= 0.3 is 0 Å². The van der Waals surface area contributed by atoms with Gasteiger partial charge in [-0.05, 0) is 23.8 Å². The quantitative estimate of drug-likeness (QED) is 0.638. The molecule has 0 aromatic carbocycles. The van der Waals surface area contributed by atoms with E-state index in [2.05, 4.69) is 45.3 Å². The molecule has 14 heavy (non-hydrogen) atoms. The van der Waals surface area contributed by atoms with Crippen LogP contribution in [-0.4, -0.2) is 25.7 Å². The van der Waals surface area contributed by atoms with Gasteiger partial charge in [0, 0.05) is 19.1 Å². The summed E-state index contributed by atoms with van der Waals surface area (Å²) in [4.78, 5) is 0. The molecule has 0 radical (unpaired) electrons. The highest BCUT2D eigenvalue weighted by molar-refractivity contribution is 5.17. The third kappa shape index (κ3) is 2.12. The van der Waals surface area contributed by atoms with Crippen molar-refractivity contribution in [3.8, 4) is 0 Å². The van der Waals surface area contributed by atoms with Crippen molar-refractivity contribution in [3.05, 3.63) is 0 Å². The molecular formula is C12H26N2. The third-order valence-corrected chi connectivity index (χ3v) is 4.10. The van der Waals surface area contributed by atoms with Crippen LogP contribution in [0.2, 0.25) is 0 Å². The van der Waals surface area contributed by atoms with Gasteiger partial charge < -0.3 is 10.6 Å². The van der Waals surface area contributed by atoms with Gasteiger partial charge in [0.05, 0.1) is 0 Å². The van der Waals surface area contributed by atoms with E-state index in [0.29, 0.717) is 16.9 Å². The normalized spacial score (nSPS) is 23.8. The molecule has 1 fully saturated rings. The molecular weight excluding hydrogens is 172 g/mol. The summed E-state index contributed by atoms with van der Waals surface area (Å²) >= 11 is 0. The summed E-state index contributed by atoms with van der Waals surface area (Å²) in [6.45, 7) is 14.9. The van der Waals surface area contributed by atoms with Gasteiger partial charge in [0.25, 0.3) is 0 Å². The topological polar surface area (TPSA) is 24.1 Å². The lowest BCUT2D eigenvalue weighted by Crippen LogP contribution is -2.31. The van der Waals surface area contributed by atoms with E-state index >= 15 is 0 Å². The molecule has 2 heteroatoms. The second-order valence-corrected chi connectivity index (χ2v) is 5.58. The summed E-state index contributed by atoms with van der Waals surface area (Å²) in [5, 5.41) is 7.04. The minimum Gasteiger partial charge on any atom is -0.315 e. The molecule has 0 atom stereocenters. The zero-order chi connectivity index (χ0) is 10.8. The highest BCUT2D eigenvalue weighted by atomic mass is 15.1. The fourth-order valence-electron chi connectivity index (χ4n) is 2.31. The lowest BCUT2D eigenvalue weighted by atomic mass is 10.0. The molecule has 0 amide bonds. The summed E-state index contributed by atoms with van der Waals surface area (Å²) in [7, 11) is 0. The number of nitrogens with one attached hydrogen (secondary N) is 2. The number of hydrogen-bond acceptors (Lipinski definition) is 2. The van der Waals surface area contributed by atoms with Gasteiger partial charge in [-0.25, -0.2) is 0 Å². The zero-order valence-corrected chi connectivity index (χ0v) is 10.4. The molecule has 1 aliphatic carbocycles. The molecule has 0 unspecified atom stereocenters. The summed E-state index contributed by atoms with van der Waals surface area (Å²) < 4.78 is 0. The van der Waals surface area contributed by atoms with Crippen LogP contribution >= 0.6 is 0 Å². The molecule has 0 heterocycles. The van der Waals surface area contributed by atoms with Crippen LogP contribution in [-0.2, 0) is 0 Å². The van der Waals surface area contributed by atoms with E-state index in [9.17, 15) is 0 Å². The van der Waals surface area contributed by atoms with Gasteiger partial charge in [-0.3, -0.25) is 0 Å². The standard InChI is InChI=1S/C12H26N2/c1-6-7-13-8-9-14-10-11(2,3)12(10,4)5/h10,13-14H,6-9H2,1-5H3. The van der Waals surface area contributed by atoms with E-state index < -0.39 is 0 Å². The van der Waals surface area contributed by atoms with Gasteiger partial charge in [0.2, 0.25) is 0 Å². The predicted octanol–water partition coefficient (Wildman–Crippen LogP) is 2.01. The highest BCUT2D eigenvalue weighted by Crippen LogP contribution is 2.62. The van der Waals surface area contributed by atoms with Gasteiger partial charge in [0.15, 0.2) is 0 Å². The molecule has 1 rings (SSSR count). The van der Waals surface area contributed by atoms with E-state index in [1.165, 1.54) is 6.42 Å². The SMILES string of the molecule is CCCNCCNC1C(C)(C)C1(C)C. The number of hydrogen-bond donors (Lipinski definition) is 2. The molecule has 1 aliphatic rings. The van der Waals surface area contributed by atoms with Crippen LogP contribution in [0, 0.1) is 10.8 Å². The number of rotatable bonds is 6. The molecule has 0 bridgehead atoms. The monoisotopic (exact) mass is 198 g/mol. The maximum Gasteiger partial charge on any atom is 0.0181 e. The molecule has 0 spiro atoms. The zero-order valence-electron chi connectivity index (χ0n) is 10.4. The first kappa shape index (κ1) is 12.0. The van der Waals surface area contributed by atoms with Crippen molar-refractivity contribution < 1.29 is 0 Å². The van der Waals surface area contributed by atoms with E-state index in [-0.39, 0.29) is 0 Å². The Labute approximate surface area is 88.8 Å². The Bertz CT molecular complexity index is 171. The van der Waals surface area contributed by atoms with Crippen molar-refractivity contribution in [3.63, 3.8) is 0 Å². The highest BCUT2D eigenvalue weighted by Gasteiger charge is 2.64. The van der Waals surface area contributed by atoms with E-state index in [1.807, 2.05) is 0 Å². The van der Waals surface area contributed by atoms with Crippen molar-refractivity contribution in [2.75, 3.05) is 19.6 Å². The summed E-state index contributed by atoms with van der Waals surface area (Å²) in [6, 6.07) is 0.693. The minimum atomic E-state index is 0.470. The Morgan fingerprint density at radius 2 is 1.50 bits per heavy atom. The summed E-state index contributed by atoms with van der Waals surface area (Å²) in [5.74, 6) is 0. The van der Waals surface area contributed by atoms with Crippen molar-refractivity contribution in [2.24, 2.45) is 10.8 Å². The minimum absolute atomic E-state index is 0.470. The molecule has 84 valence electrons. The fourth-order valence-corrected chi connectivity index (χ4v) is 2.31. The maximum absolute atomic E-state index is 3.63. The Kier molecular flexibility index (Phi) is 3.59. The smallest absolute Gasteiger partial charge is 0.0181 e. The van der Waals surface area contributed by atoms with Gasteiger partial charge in [-0.2, -0.15) is 0 Å². The van der Waals surface area contributed by atoms with Gasteiger partial charge in [-0.15, -0.1) is 0 Å². The predicted molar refractivity (Wildman–Crippen MR) is 62.5 cm³/mol.